The van der Waals surface area contributed by atoms with Gasteiger partial charge in [0.25, 0.3) is 11.8 Å². The molecule has 1 aliphatic rings. The molecule has 3 rings (SSSR count). The number of ether oxygens (including phenoxy) is 1. The summed E-state index contributed by atoms with van der Waals surface area (Å²) in [6, 6.07) is 9.92. The van der Waals surface area contributed by atoms with E-state index in [9.17, 15) is 24.0 Å². The lowest BCUT2D eigenvalue weighted by Gasteiger charge is -2.20. The average Bonchev–Trinajstić information content (AvgIpc) is 3.01. The molecular formula is C24H24N2O6. The maximum atomic E-state index is 12.6. The van der Waals surface area contributed by atoms with Crippen molar-refractivity contribution >= 4 is 35.2 Å². The van der Waals surface area contributed by atoms with Crippen LogP contribution in [0.15, 0.2) is 42.5 Å². The number of carbonyl (C=O) groups is 5. The van der Waals surface area contributed by atoms with E-state index in [0.29, 0.717) is 17.7 Å². The number of amides is 3. The molecule has 2 aromatic carbocycles. The number of hydrogen-bond acceptors (Lipinski definition) is 6. The van der Waals surface area contributed by atoms with E-state index in [1.165, 1.54) is 19.1 Å². The lowest BCUT2D eigenvalue weighted by Crippen LogP contribution is -2.44. The van der Waals surface area contributed by atoms with Crippen LogP contribution in [-0.2, 0) is 14.3 Å². The molecule has 3 amide bonds. The maximum absolute atomic E-state index is 12.6. The largest absolute Gasteiger partial charge is 0.456 e. The summed E-state index contributed by atoms with van der Waals surface area (Å²) in [5.74, 6) is -2.55. The molecule has 0 unspecified atom stereocenters. The summed E-state index contributed by atoms with van der Waals surface area (Å²) >= 11 is 0. The molecular weight excluding hydrogens is 412 g/mol. The van der Waals surface area contributed by atoms with Crippen LogP contribution < -0.4 is 5.32 Å². The second kappa shape index (κ2) is 9.55. The van der Waals surface area contributed by atoms with Gasteiger partial charge in [-0.05, 0) is 56.7 Å². The summed E-state index contributed by atoms with van der Waals surface area (Å²) in [5, 5.41) is 2.72. The van der Waals surface area contributed by atoms with Gasteiger partial charge in [-0.2, -0.15) is 0 Å². The minimum absolute atomic E-state index is 0.113. The van der Waals surface area contributed by atoms with Crippen molar-refractivity contribution in [3.05, 3.63) is 64.7 Å². The van der Waals surface area contributed by atoms with Crippen molar-refractivity contribution in [1.82, 2.24) is 4.90 Å². The number of nitrogens with one attached hydrogen (secondary N) is 1. The third-order valence-electron chi connectivity index (χ3n) is 5.12. The van der Waals surface area contributed by atoms with Gasteiger partial charge in [-0.15, -0.1) is 0 Å². The standard InChI is InChI=1S/C24H24N2O6/c1-4-5-21(28)25-17-9-7-16(8-10-17)20(27)13-32-24(31)15(3)26-22(29)18-11-6-14(2)12-19(18)23(26)30/h6-12,15H,4-5,13H2,1-3H3,(H,25,28)/t15-/m0/s1. The van der Waals surface area contributed by atoms with Gasteiger partial charge in [0.15, 0.2) is 12.4 Å². The molecule has 8 nitrogen and oxygen atoms in total. The molecule has 0 saturated carbocycles. The summed E-state index contributed by atoms with van der Waals surface area (Å²) in [6.07, 6.45) is 1.13. The number of fused-ring (bicyclic) bond motifs is 1. The van der Waals surface area contributed by atoms with Crippen molar-refractivity contribution in [3.63, 3.8) is 0 Å². The summed E-state index contributed by atoms with van der Waals surface area (Å²) in [5.41, 5.74) is 2.17. The van der Waals surface area contributed by atoms with Crippen molar-refractivity contribution in [2.45, 2.75) is 39.7 Å². The first-order chi connectivity index (χ1) is 15.2. The van der Waals surface area contributed by atoms with Crippen LogP contribution in [0.3, 0.4) is 0 Å². The van der Waals surface area contributed by atoms with Gasteiger partial charge in [0.1, 0.15) is 6.04 Å². The number of aryl methyl sites for hydroxylation is 1. The first-order valence-electron chi connectivity index (χ1n) is 10.3. The Morgan fingerprint density at radius 3 is 2.31 bits per heavy atom. The van der Waals surface area contributed by atoms with Crippen LogP contribution in [0.25, 0.3) is 0 Å². The third kappa shape index (κ3) is 4.74. The van der Waals surface area contributed by atoms with Crippen molar-refractivity contribution in [1.29, 1.82) is 0 Å². The molecule has 0 radical (unpaired) electrons. The highest BCUT2D eigenvalue weighted by Crippen LogP contribution is 2.26. The molecule has 1 aliphatic heterocycles. The molecule has 0 spiro atoms. The van der Waals surface area contributed by atoms with Crippen LogP contribution in [0.4, 0.5) is 5.69 Å². The Balaban J connectivity index is 1.58. The summed E-state index contributed by atoms with van der Waals surface area (Å²) < 4.78 is 5.07. The van der Waals surface area contributed by atoms with Crippen molar-refractivity contribution in [2.75, 3.05) is 11.9 Å². The Labute approximate surface area is 185 Å². The molecule has 1 atom stereocenters. The van der Waals surface area contributed by atoms with Crippen molar-refractivity contribution < 1.29 is 28.7 Å². The van der Waals surface area contributed by atoms with Gasteiger partial charge in [-0.3, -0.25) is 24.1 Å². The lowest BCUT2D eigenvalue weighted by molar-refractivity contribution is -0.146. The Bertz CT molecular complexity index is 1090. The number of hydrogen-bond donors (Lipinski definition) is 1. The van der Waals surface area contributed by atoms with Crippen LogP contribution in [0.2, 0.25) is 0 Å². The predicted octanol–water partition coefficient (Wildman–Crippen LogP) is 3.14. The molecule has 166 valence electrons. The van der Waals surface area contributed by atoms with Crippen molar-refractivity contribution in [3.8, 4) is 0 Å². The summed E-state index contributed by atoms with van der Waals surface area (Å²) in [7, 11) is 0. The fourth-order valence-electron chi connectivity index (χ4n) is 3.36. The van der Waals surface area contributed by atoms with E-state index in [1.807, 2.05) is 6.92 Å². The van der Waals surface area contributed by atoms with Gasteiger partial charge in [-0.1, -0.05) is 18.6 Å². The van der Waals surface area contributed by atoms with Crippen LogP contribution in [0, 0.1) is 6.92 Å². The monoisotopic (exact) mass is 436 g/mol. The molecule has 0 aromatic heterocycles. The molecule has 0 aliphatic carbocycles. The zero-order chi connectivity index (χ0) is 23.4. The second-order valence-electron chi connectivity index (χ2n) is 7.61. The van der Waals surface area contributed by atoms with Gasteiger partial charge in [0.2, 0.25) is 5.91 Å². The first-order valence-corrected chi connectivity index (χ1v) is 10.3. The SMILES string of the molecule is CCCC(=O)Nc1ccc(C(=O)COC(=O)[C@H](C)N2C(=O)c3ccc(C)cc3C2=O)cc1. The topological polar surface area (TPSA) is 110 Å². The fourth-order valence-corrected chi connectivity index (χ4v) is 3.36. The Morgan fingerprint density at radius 1 is 1.00 bits per heavy atom. The van der Waals surface area contributed by atoms with Crippen LogP contribution in [-0.4, -0.2) is 47.0 Å². The highest BCUT2D eigenvalue weighted by Gasteiger charge is 2.41. The van der Waals surface area contributed by atoms with Crippen LogP contribution in [0.5, 0.6) is 0 Å². The Morgan fingerprint density at radius 2 is 1.66 bits per heavy atom. The molecule has 0 fully saturated rings. The quantitative estimate of drug-likeness (QED) is 0.387. The normalized spacial score (nSPS) is 13.5. The van der Waals surface area contributed by atoms with E-state index in [1.54, 1.807) is 37.3 Å². The number of anilines is 1. The van der Waals surface area contributed by atoms with E-state index < -0.39 is 36.2 Å². The number of imide groups is 1. The van der Waals surface area contributed by atoms with Gasteiger partial charge in [0.05, 0.1) is 11.1 Å². The molecule has 1 heterocycles. The third-order valence-corrected chi connectivity index (χ3v) is 5.12. The van der Waals surface area contributed by atoms with E-state index in [0.717, 1.165) is 16.9 Å². The van der Waals surface area contributed by atoms with Gasteiger partial charge in [0, 0.05) is 17.7 Å². The van der Waals surface area contributed by atoms with Crippen LogP contribution >= 0.6 is 0 Å². The number of esters is 1. The van der Waals surface area contributed by atoms with Crippen LogP contribution in [0.1, 0.15) is 63.3 Å². The van der Waals surface area contributed by atoms with Crippen molar-refractivity contribution in [2.24, 2.45) is 0 Å². The molecule has 0 saturated heterocycles. The van der Waals surface area contributed by atoms with E-state index in [2.05, 4.69) is 5.32 Å². The number of ketones is 1. The Hall–Kier alpha value is -3.81. The molecule has 32 heavy (non-hydrogen) atoms. The molecule has 2 aromatic rings. The maximum Gasteiger partial charge on any atom is 0.329 e. The highest BCUT2D eigenvalue weighted by atomic mass is 16.5. The zero-order valence-electron chi connectivity index (χ0n) is 18.1. The number of Topliss-reactive ketones (excluding diaryl/α,β-unsaturated/α-hetero) is 1. The number of carbonyl (C=O) groups excluding carboxylic acids is 5. The average molecular weight is 436 g/mol. The summed E-state index contributed by atoms with van der Waals surface area (Å²) in [6.45, 7) is 4.55. The lowest BCUT2D eigenvalue weighted by atomic mass is 10.1. The first kappa shape index (κ1) is 22.9. The predicted molar refractivity (Wildman–Crippen MR) is 116 cm³/mol. The van der Waals surface area contributed by atoms with Gasteiger partial charge in [-0.25, -0.2) is 4.79 Å². The molecule has 8 heteroatoms. The number of rotatable bonds is 8. The van der Waals surface area contributed by atoms with E-state index in [-0.39, 0.29) is 17.0 Å². The number of benzene rings is 2. The van der Waals surface area contributed by atoms with Gasteiger partial charge < -0.3 is 10.1 Å². The summed E-state index contributed by atoms with van der Waals surface area (Å²) in [4.78, 5) is 62.5. The zero-order valence-corrected chi connectivity index (χ0v) is 18.1. The van der Waals surface area contributed by atoms with E-state index in [4.69, 9.17) is 4.74 Å². The highest BCUT2D eigenvalue weighted by molar-refractivity contribution is 6.22. The molecule has 1 N–H and O–H groups in total. The number of nitrogens with zero attached hydrogens (tertiary/aromatic N) is 1. The van der Waals surface area contributed by atoms with E-state index >= 15 is 0 Å². The minimum Gasteiger partial charge on any atom is -0.456 e. The Kier molecular flexibility index (Phi) is 6.82. The smallest absolute Gasteiger partial charge is 0.329 e. The molecule has 0 bridgehead atoms. The second-order valence-corrected chi connectivity index (χ2v) is 7.61. The fraction of sp³-hybridized carbons (Fsp3) is 0.292. The van der Waals surface area contributed by atoms with Gasteiger partial charge >= 0.3 is 5.97 Å². The minimum atomic E-state index is -1.17.